The van der Waals surface area contributed by atoms with Crippen molar-refractivity contribution in [3.8, 4) is 0 Å². The summed E-state index contributed by atoms with van der Waals surface area (Å²) in [5.41, 5.74) is 4.83. The van der Waals surface area contributed by atoms with E-state index in [1.165, 1.54) is 18.2 Å². The quantitative estimate of drug-likeness (QED) is 0.609. The Balaban J connectivity index is 2.79. The number of nitrogen functional groups attached to an aromatic ring is 1. The van der Waals surface area contributed by atoms with Gasteiger partial charge in [-0.05, 0) is 17.7 Å². The number of hydrogen-bond acceptors (Lipinski definition) is 2. The molecular weight excluding hydrogens is 310 g/mol. The summed E-state index contributed by atoms with van der Waals surface area (Å²) in [6.45, 7) is 0. The van der Waals surface area contributed by atoms with E-state index in [1.54, 1.807) is 0 Å². The monoisotopic (exact) mass is 322 g/mol. The van der Waals surface area contributed by atoms with E-state index in [1.807, 2.05) is 0 Å². The Kier molecular flexibility index (Phi) is 3.67. The van der Waals surface area contributed by atoms with Gasteiger partial charge in [-0.15, -0.1) is 0 Å². The summed E-state index contributed by atoms with van der Waals surface area (Å²) in [5, 5.41) is 0. The van der Waals surface area contributed by atoms with Crippen molar-refractivity contribution in [3.63, 3.8) is 0 Å². The van der Waals surface area contributed by atoms with Crippen LogP contribution in [0, 0.1) is 5.41 Å². The molecule has 0 saturated carbocycles. The van der Waals surface area contributed by atoms with Gasteiger partial charge < -0.3 is 11.5 Å². The van der Waals surface area contributed by atoms with Gasteiger partial charge in [0.15, 0.2) is 0 Å². The van der Waals surface area contributed by atoms with Crippen LogP contribution in [0.2, 0.25) is 0 Å². The number of allylic oxidation sites excluding steroid dienone is 4. The van der Waals surface area contributed by atoms with E-state index >= 15 is 0 Å². The molecule has 8 heteroatoms. The summed E-state index contributed by atoms with van der Waals surface area (Å²) in [5.74, 6) is -2.08. The average molecular weight is 322 g/mol. The van der Waals surface area contributed by atoms with Crippen LogP contribution in [0.3, 0.4) is 0 Å². The first kappa shape index (κ1) is 16.3. The zero-order chi connectivity index (χ0) is 16.8. The van der Waals surface area contributed by atoms with Crippen LogP contribution in [0.4, 0.5) is 32.0 Å². The summed E-state index contributed by atoms with van der Waals surface area (Å²) < 4.78 is 81.0. The molecule has 0 aliphatic heterocycles. The zero-order valence-electron chi connectivity index (χ0n) is 11.0. The van der Waals surface area contributed by atoms with Gasteiger partial charge >= 0.3 is 12.4 Å². The molecule has 0 aromatic heterocycles. The van der Waals surface area contributed by atoms with Gasteiger partial charge in [0.25, 0.3) is 0 Å². The van der Waals surface area contributed by atoms with Gasteiger partial charge in [0.2, 0.25) is 5.41 Å². The molecule has 1 aliphatic carbocycles. The SMILES string of the molecule is NC1=CC=CC(c2ccccc2N)C1(C(F)(F)F)C(F)(F)F. The number of para-hydroxylation sites is 1. The molecule has 2 nitrogen and oxygen atoms in total. The molecule has 0 heterocycles. The lowest BCUT2D eigenvalue weighted by atomic mass is 9.66. The highest BCUT2D eigenvalue weighted by Crippen LogP contribution is 2.62. The Bertz CT molecular complexity index is 613. The van der Waals surface area contributed by atoms with Crippen molar-refractivity contribution in [2.24, 2.45) is 11.1 Å². The van der Waals surface area contributed by atoms with Crippen LogP contribution in [0.5, 0.6) is 0 Å². The molecule has 0 bridgehead atoms. The average Bonchev–Trinajstić information content (AvgIpc) is 2.35. The molecule has 2 rings (SSSR count). The number of anilines is 1. The lowest BCUT2D eigenvalue weighted by Crippen LogP contribution is -2.57. The Morgan fingerprint density at radius 3 is 1.95 bits per heavy atom. The maximum atomic E-state index is 13.5. The number of benzene rings is 1. The minimum Gasteiger partial charge on any atom is -0.401 e. The zero-order valence-corrected chi connectivity index (χ0v) is 11.0. The molecule has 0 spiro atoms. The fourth-order valence-electron chi connectivity index (χ4n) is 2.70. The third-order valence-electron chi connectivity index (χ3n) is 3.73. The largest absolute Gasteiger partial charge is 0.409 e. The summed E-state index contributed by atoms with van der Waals surface area (Å²) in [6, 6.07) is 5.13. The second-order valence-electron chi connectivity index (χ2n) is 4.92. The molecule has 0 fully saturated rings. The molecule has 1 aliphatic rings. The van der Waals surface area contributed by atoms with Crippen LogP contribution in [-0.4, -0.2) is 12.4 Å². The van der Waals surface area contributed by atoms with Crippen LogP contribution in [0.1, 0.15) is 11.5 Å². The predicted molar refractivity (Wildman–Crippen MR) is 69.5 cm³/mol. The number of nitrogens with two attached hydrogens (primary N) is 2. The van der Waals surface area contributed by atoms with E-state index in [9.17, 15) is 26.3 Å². The summed E-state index contributed by atoms with van der Waals surface area (Å²) in [7, 11) is 0. The van der Waals surface area contributed by atoms with Gasteiger partial charge in [0.1, 0.15) is 0 Å². The topological polar surface area (TPSA) is 52.0 Å². The maximum absolute atomic E-state index is 13.5. The molecule has 4 N–H and O–H groups in total. The third-order valence-corrected chi connectivity index (χ3v) is 3.73. The maximum Gasteiger partial charge on any atom is 0.409 e. The molecule has 1 unspecified atom stereocenters. The lowest BCUT2D eigenvalue weighted by Gasteiger charge is -2.44. The normalized spacial score (nSPS) is 21.5. The standard InChI is InChI=1S/C14H12F6N2/c15-13(16,17)12(14(18,19)20)9(5-3-7-11(12)22)8-4-1-2-6-10(8)21/h1-7,9H,21-22H2. The molecule has 22 heavy (non-hydrogen) atoms. The molecule has 1 atom stereocenters. The highest BCUT2D eigenvalue weighted by atomic mass is 19.4. The van der Waals surface area contributed by atoms with Crippen molar-refractivity contribution in [2.75, 3.05) is 5.73 Å². The van der Waals surface area contributed by atoms with Gasteiger partial charge in [0.05, 0.1) is 0 Å². The van der Waals surface area contributed by atoms with Crippen LogP contribution < -0.4 is 11.5 Å². The minimum absolute atomic E-state index is 0.162. The number of halogens is 6. The highest BCUT2D eigenvalue weighted by Gasteiger charge is 2.75. The van der Waals surface area contributed by atoms with Crippen molar-refractivity contribution < 1.29 is 26.3 Å². The first-order valence-electron chi connectivity index (χ1n) is 6.15. The molecule has 120 valence electrons. The Morgan fingerprint density at radius 2 is 1.45 bits per heavy atom. The van der Waals surface area contributed by atoms with Crippen LogP contribution in [0.15, 0.2) is 48.2 Å². The van der Waals surface area contributed by atoms with E-state index in [0.29, 0.717) is 6.08 Å². The van der Waals surface area contributed by atoms with Gasteiger partial charge in [-0.25, -0.2) is 0 Å². The van der Waals surface area contributed by atoms with Crippen molar-refractivity contribution in [1.82, 2.24) is 0 Å². The Hall–Kier alpha value is -2.12. The fraction of sp³-hybridized carbons (Fsp3) is 0.286. The van der Waals surface area contributed by atoms with Crippen LogP contribution in [0.25, 0.3) is 0 Å². The van der Waals surface area contributed by atoms with E-state index in [2.05, 4.69) is 0 Å². The van der Waals surface area contributed by atoms with Gasteiger partial charge in [-0.3, -0.25) is 0 Å². The van der Waals surface area contributed by atoms with E-state index in [-0.39, 0.29) is 11.3 Å². The van der Waals surface area contributed by atoms with Crippen molar-refractivity contribution in [3.05, 3.63) is 53.8 Å². The first-order chi connectivity index (χ1) is 10.0. The van der Waals surface area contributed by atoms with Crippen LogP contribution >= 0.6 is 0 Å². The molecule has 0 saturated heterocycles. The third kappa shape index (κ3) is 2.13. The fourth-order valence-corrected chi connectivity index (χ4v) is 2.70. The molecular formula is C14H12F6N2. The molecule has 1 aromatic carbocycles. The summed E-state index contributed by atoms with van der Waals surface area (Å²) >= 11 is 0. The van der Waals surface area contributed by atoms with Gasteiger partial charge in [-0.2, -0.15) is 26.3 Å². The van der Waals surface area contributed by atoms with Crippen LogP contribution in [-0.2, 0) is 0 Å². The van der Waals surface area contributed by atoms with Crippen molar-refractivity contribution in [2.45, 2.75) is 18.3 Å². The minimum atomic E-state index is -5.64. The predicted octanol–water partition coefficient (Wildman–Crippen LogP) is 3.88. The van der Waals surface area contributed by atoms with Crippen molar-refractivity contribution >= 4 is 5.69 Å². The molecule has 1 aromatic rings. The molecule has 0 radical (unpaired) electrons. The number of alkyl halides is 6. The second kappa shape index (κ2) is 4.96. The van der Waals surface area contributed by atoms with Gasteiger partial charge in [-0.1, -0.05) is 30.4 Å². The summed E-state index contributed by atoms with van der Waals surface area (Å²) in [6.07, 6.45) is -8.76. The lowest BCUT2D eigenvalue weighted by molar-refractivity contribution is -0.330. The van der Waals surface area contributed by atoms with Crippen molar-refractivity contribution in [1.29, 1.82) is 0 Å². The molecule has 0 amide bonds. The van der Waals surface area contributed by atoms with E-state index in [0.717, 1.165) is 18.2 Å². The smallest absolute Gasteiger partial charge is 0.401 e. The van der Waals surface area contributed by atoms with E-state index in [4.69, 9.17) is 11.5 Å². The highest BCUT2D eigenvalue weighted by molar-refractivity contribution is 5.53. The van der Waals surface area contributed by atoms with Gasteiger partial charge in [0, 0.05) is 17.3 Å². The van der Waals surface area contributed by atoms with E-state index < -0.39 is 29.4 Å². The summed E-state index contributed by atoms with van der Waals surface area (Å²) in [4.78, 5) is 0. The second-order valence-corrected chi connectivity index (χ2v) is 4.92. The Morgan fingerprint density at radius 1 is 0.909 bits per heavy atom. The Labute approximate surface area is 122 Å². The first-order valence-corrected chi connectivity index (χ1v) is 6.15. The number of rotatable bonds is 1. The number of hydrogen-bond donors (Lipinski definition) is 2.